The zero-order valence-corrected chi connectivity index (χ0v) is 14.1. The second-order valence-electron chi connectivity index (χ2n) is 6.75. The highest BCUT2D eigenvalue weighted by Gasteiger charge is 2.22. The highest BCUT2D eigenvalue weighted by Crippen LogP contribution is 2.36. The Bertz CT molecular complexity index is 443. The lowest BCUT2D eigenvalue weighted by Crippen LogP contribution is -2.16. The number of aliphatic hydroxyl groups excluding tert-OH is 2. The van der Waals surface area contributed by atoms with Crippen molar-refractivity contribution in [3.63, 3.8) is 0 Å². The molecule has 0 atom stereocenters. The number of benzene rings is 1. The summed E-state index contributed by atoms with van der Waals surface area (Å²) in [5.41, 5.74) is 3.65. The van der Waals surface area contributed by atoms with Crippen molar-refractivity contribution in [3.05, 3.63) is 28.8 Å². The molecule has 0 aliphatic heterocycles. The Balaban J connectivity index is 3.14. The van der Waals surface area contributed by atoms with Crippen molar-refractivity contribution in [1.29, 1.82) is 0 Å². The summed E-state index contributed by atoms with van der Waals surface area (Å²) in [5, 5.41) is 18.4. The van der Waals surface area contributed by atoms with Crippen LogP contribution < -0.4 is 4.74 Å². The van der Waals surface area contributed by atoms with Gasteiger partial charge in [-0.15, -0.1) is 0 Å². The molecule has 0 fully saturated rings. The van der Waals surface area contributed by atoms with E-state index in [9.17, 15) is 10.2 Å². The summed E-state index contributed by atoms with van der Waals surface area (Å²) in [4.78, 5) is 0. The molecule has 0 aromatic heterocycles. The number of hydrogen-bond acceptors (Lipinski definition) is 3. The highest BCUT2D eigenvalue weighted by atomic mass is 16.5. The van der Waals surface area contributed by atoms with Crippen molar-refractivity contribution in [1.82, 2.24) is 0 Å². The van der Waals surface area contributed by atoms with Crippen LogP contribution in [0.1, 0.15) is 50.8 Å². The molecule has 120 valence electrons. The van der Waals surface area contributed by atoms with Crippen LogP contribution in [0.5, 0.6) is 5.75 Å². The summed E-state index contributed by atoms with van der Waals surface area (Å²) >= 11 is 0. The van der Waals surface area contributed by atoms with E-state index in [1.54, 1.807) is 0 Å². The maximum Gasteiger partial charge on any atom is 0.126 e. The number of hydrogen-bond donors (Lipinski definition) is 2. The predicted molar refractivity (Wildman–Crippen MR) is 87.0 cm³/mol. The molecule has 1 aromatic rings. The second kappa shape index (κ2) is 7.81. The monoisotopic (exact) mass is 294 g/mol. The van der Waals surface area contributed by atoms with Crippen LogP contribution in [0.15, 0.2) is 12.1 Å². The Hall–Kier alpha value is -1.06. The molecule has 21 heavy (non-hydrogen) atoms. The van der Waals surface area contributed by atoms with E-state index in [0.717, 1.165) is 18.6 Å². The Morgan fingerprint density at radius 3 is 2.24 bits per heavy atom. The van der Waals surface area contributed by atoms with E-state index in [4.69, 9.17) is 4.74 Å². The quantitative estimate of drug-likeness (QED) is 0.812. The van der Waals surface area contributed by atoms with Gasteiger partial charge in [-0.25, -0.2) is 0 Å². The molecule has 0 radical (unpaired) electrons. The van der Waals surface area contributed by atoms with Crippen molar-refractivity contribution in [2.24, 2.45) is 5.92 Å². The van der Waals surface area contributed by atoms with Crippen LogP contribution in [0.25, 0.3) is 0 Å². The zero-order chi connectivity index (χ0) is 16.0. The Morgan fingerprint density at radius 1 is 1.14 bits per heavy atom. The average molecular weight is 294 g/mol. The molecule has 1 rings (SSSR count). The van der Waals surface area contributed by atoms with Gasteiger partial charge in [0.05, 0.1) is 6.61 Å². The highest BCUT2D eigenvalue weighted by molar-refractivity contribution is 5.48. The molecular formula is C18H30O3. The van der Waals surface area contributed by atoms with Gasteiger partial charge in [0, 0.05) is 24.7 Å². The van der Waals surface area contributed by atoms with Crippen molar-refractivity contribution in [2.75, 3.05) is 19.8 Å². The van der Waals surface area contributed by atoms with Crippen LogP contribution in [0.3, 0.4) is 0 Å². The molecule has 0 unspecified atom stereocenters. The van der Waals surface area contributed by atoms with E-state index in [-0.39, 0.29) is 24.5 Å². The fourth-order valence-electron chi connectivity index (χ4n) is 2.51. The van der Waals surface area contributed by atoms with Crippen molar-refractivity contribution >= 4 is 0 Å². The SMILES string of the molecule is CCOc1c(CCC(CO)CO)cc(C)cc1C(C)(C)C. The first-order valence-electron chi connectivity index (χ1n) is 7.82. The summed E-state index contributed by atoms with van der Waals surface area (Å²) in [6.07, 6.45) is 1.58. The second-order valence-corrected chi connectivity index (χ2v) is 6.75. The van der Waals surface area contributed by atoms with Crippen molar-refractivity contribution in [3.8, 4) is 5.75 Å². The van der Waals surface area contributed by atoms with E-state index in [2.05, 4.69) is 39.8 Å². The van der Waals surface area contributed by atoms with Crippen LogP contribution in [-0.4, -0.2) is 30.0 Å². The largest absolute Gasteiger partial charge is 0.493 e. The molecule has 0 aliphatic carbocycles. The summed E-state index contributed by atoms with van der Waals surface area (Å²) in [6.45, 7) is 11.4. The molecule has 3 nitrogen and oxygen atoms in total. The molecule has 0 amide bonds. The Morgan fingerprint density at radius 2 is 1.76 bits per heavy atom. The normalized spacial score (nSPS) is 12.0. The number of aryl methyl sites for hydroxylation is 2. The zero-order valence-electron chi connectivity index (χ0n) is 14.1. The van der Waals surface area contributed by atoms with Crippen LogP contribution in [0.2, 0.25) is 0 Å². The lowest BCUT2D eigenvalue weighted by molar-refractivity contribution is 0.144. The number of rotatable bonds is 7. The lowest BCUT2D eigenvalue weighted by Gasteiger charge is -2.26. The first-order valence-corrected chi connectivity index (χ1v) is 7.82. The van der Waals surface area contributed by atoms with E-state index < -0.39 is 0 Å². The van der Waals surface area contributed by atoms with Gasteiger partial charge in [-0.2, -0.15) is 0 Å². The van der Waals surface area contributed by atoms with Crippen LogP contribution in [-0.2, 0) is 11.8 Å². The minimum absolute atomic E-state index is 0.0262. The minimum Gasteiger partial charge on any atom is -0.493 e. The Labute approximate surface area is 129 Å². The lowest BCUT2D eigenvalue weighted by atomic mass is 9.83. The number of aliphatic hydroxyl groups is 2. The van der Waals surface area contributed by atoms with Gasteiger partial charge in [0.2, 0.25) is 0 Å². The van der Waals surface area contributed by atoms with Crippen LogP contribution in [0.4, 0.5) is 0 Å². The third-order valence-electron chi connectivity index (χ3n) is 3.75. The summed E-state index contributed by atoms with van der Waals surface area (Å²) in [6, 6.07) is 4.36. The molecule has 0 aliphatic rings. The third-order valence-corrected chi connectivity index (χ3v) is 3.75. The van der Waals surface area contributed by atoms with Crippen LogP contribution in [0, 0.1) is 12.8 Å². The summed E-state index contributed by atoms with van der Waals surface area (Å²) in [7, 11) is 0. The van der Waals surface area contributed by atoms with Gasteiger partial charge < -0.3 is 14.9 Å². The Kier molecular flexibility index (Phi) is 6.69. The van der Waals surface area contributed by atoms with Gasteiger partial charge in [-0.05, 0) is 37.7 Å². The molecule has 3 heteroatoms. The van der Waals surface area contributed by atoms with Gasteiger partial charge in [0.1, 0.15) is 5.75 Å². The van der Waals surface area contributed by atoms with Gasteiger partial charge in [-0.1, -0.05) is 38.5 Å². The summed E-state index contributed by atoms with van der Waals surface area (Å²) < 4.78 is 5.92. The van der Waals surface area contributed by atoms with Crippen LogP contribution >= 0.6 is 0 Å². The summed E-state index contributed by atoms with van der Waals surface area (Å²) in [5.74, 6) is 0.920. The minimum atomic E-state index is -0.0573. The fraction of sp³-hybridized carbons (Fsp3) is 0.667. The molecule has 0 saturated carbocycles. The maximum atomic E-state index is 9.22. The molecule has 0 bridgehead atoms. The van der Waals surface area contributed by atoms with Gasteiger partial charge in [0.25, 0.3) is 0 Å². The average Bonchev–Trinajstić information content (AvgIpc) is 2.41. The standard InChI is InChI=1S/C18H30O3/c1-6-21-17-15(8-7-14(11-19)12-20)9-13(2)10-16(17)18(3,4)5/h9-10,14,19-20H,6-8,11-12H2,1-5H3. The molecule has 0 heterocycles. The molecule has 0 saturated heterocycles. The molecule has 2 N–H and O–H groups in total. The topological polar surface area (TPSA) is 49.7 Å². The van der Waals surface area contributed by atoms with E-state index >= 15 is 0 Å². The van der Waals surface area contributed by atoms with Crippen molar-refractivity contribution in [2.45, 2.75) is 52.9 Å². The maximum absolute atomic E-state index is 9.22. The van der Waals surface area contributed by atoms with Crippen molar-refractivity contribution < 1.29 is 14.9 Å². The molecule has 1 aromatic carbocycles. The smallest absolute Gasteiger partial charge is 0.126 e. The van der Waals surface area contributed by atoms with E-state index in [1.807, 2.05) is 6.92 Å². The first-order chi connectivity index (χ1) is 9.83. The van der Waals surface area contributed by atoms with E-state index in [0.29, 0.717) is 6.61 Å². The van der Waals surface area contributed by atoms with Gasteiger partial charge in [-0.3, -0.25) is 0 Å². The third kappa shape index (κ3) is 5.01. The predicted octanol–water partition coefficient (Wildman–Crippen LogP) is 3.22. The van der Waals surface area contributed by atoms with Gasteiger partial charge in [0.15, 0.2) is 0 Å². The van der Waals surface area contributed by atoms with Gasteiger partial charge >= 0.3 is 0 Å². The molecule has 0 spiro atoms. The first kappa shape index (κ1) is 18.0. The molecular weight excluding hydrogens is 264 g/mol. The number of ether oxygens (including phenoxy) is 1. The fourth-order valence-corrected chi connectivity index (χ4v) is 2.51. The van der Waals surface area contributed by atoms with E-state index in [1.165, 1.54) is 16.7 Å².